The zero-order chi connectivity index (χ0) is 21.7. The summed E-state index contributed by atoms with van der Waals surface area (Å²) < 4.78 is 38.5. The molecule has 1 aliphatic rings. The van der Waals surface area contributed by atoms with Crippen LogP contribution in [0, 0.1) is 13.8 Å². The van der Waals surface area contributed by atoms with Crippen molar-refractivity contribution in [2.75, 3.05) is 12.4 Å². The average Bonchev–Trinajstić information content (AvgIpc) is 2.69. The van der Waals surface area contributed by atoms with Crippen LogP contribution in [0.2, 0.25) is 0 Å². The molecule has 0 unspecified atom stereocenters. The fraction of sp³-hybridized carbons (Fsp3) is 0.450. The number of nitrogens with one attached hydrogen (secondary N) is 2. The lowest BCUT2D eigenvalue weighted by Gasteiger charge is -2.28. The predicted molar refractivity (Wildman–Crippen MR) is 111 cm³/mol. The summed E-state index contributed by atoms with van der Waals surface area (Å²) in [5.74, 6) is 0. The lowest BCUT2D eigenvalue weighted by Crippen LogP contribution is -2.39. The van der Waals surface area contributed by atoms with Crippen molar-refractivity contribution in [1.29, 1.82) is 0 Å². The SMILES string of the molecule is COC(=O)Nc1ccc(S(=O)(=O)NC2CCC(Oc3nc(C)cc(C)n3)CC2)cc1. The molecule has 30 heavy (non-hydrogen) atoms. The van der Waals surface area contributed by atoms with Gasteiger partial charge in [-0.25, -0.2) is 27.9 Å². The topological polar surface area (TPSA) is 120 Å². The van der Waals surface area contributed by atoms with E-state index >= 15 is 0 Å². The van der Waals surface area contributed by atoms with Crippen LogP contribution in [0.3, 0.4) is 0 Å². The van der Waals surface area contributed by atoms with Gasteiger partial charge in [0.2, 0.25) is 10.0 Å². The van der Waals surface area contributed by atoms with Gasteiger partial charge in [-0.15, -0.1) is 0 Å². The van der Waals surface area contributed by atoms with E-state index in [0.29, 0.717) is 37.4 Å². The Kier molecular flexibility index (Phi) is 6.88. The van der Waals surface area contributed by atoms with Crippen LogP contribution in [0.1, 0.15) is 37.1 Å². The number of rotatable bonds is 6. The number of aryl methyl sites for hydroxylation is 2. The molecule has 0 spiro atoms. The summed E-state index contributed by atoms with van der Waals surface area (Å²) in [6.45, 7) is 3.79. The highest BCUT2D eigenvalue weighted by atomic mass is 32.2. The minimum absolute atomic E-state index is 0.0318. The zero-order valence-electron chi connectivity index (χ0n) is 17.2. The van der Waals surface area contributed by atoms with E-state index in [2.05, 4.69) is 24.7 Å². The van der Waals surface area contributed by atoms with E-state index in [1.807, 2.05) is 19.9 Å². The Morgan fingerprint density at radius 1 is 1.03 bits per heavy atom. The molecule has 1 amide bonds. The lowest BCUT2D eigenvalue weighted by molar-refractivity contribution is 0.131. The molecule has 1 fully saturated rings. The van der Waals surface area contributed by atoms with Gasteiger partial charge >= 0.3 is 12.1 Å². The highest BCUT2D eigenvalue weighted by Crippen LogP contribution is 2.24. The van der Waals surface area contributed by atoms with Gasteiger partial charge in [0.15, 0.2) is 0 Å². The third-order valence-corrected chi connectivity index (χ3v) is 6.36. The second kappa shape index (κ2) is 9.40. The summed E-state index contributed by atoms with van der Waals surface area (Å²) in [5.41, 5.74) is 2.16. The number of benzene rings is 1. The van der Waals surface area contributed by atoms with E-state index in [1.54, 1.807) is 0 Å². The van der Waals surface area contributed by atoms with Crippen LogP contribution in [0.4, 0.5) is 10.5 Å². The van der Waals surface area contributed by atoms with Crippen molar-refractivity contribution < 1.29 is 22.7 Å². The number of methoxy groups -OCH3 is 1. The molecule has 0 aliphatic heterocycles. The van der Waals surface area contributed by atoms with Crippen LogP contribution in [-0.2, 0) is 14.8 Å². The van der Waals surface area contributed by atoms with Crippen LogP contribution >= 0.6 is 0 Å². The predicted octanol–water partition coefficient (Wildman–Crippen LogP) is 2.94. The Labute approximate surface area is 176 Å². The van der Waals surface area contributed by atoms with Gasteiger partial charge in [-0.05, 0) is 69.9 Å². The second-order valence-corrected chi connectivity index (χ2v) is 9.00. The van der Waals surface area contributed by atoms with E-state index in [4.69, 9.17) is 4.74 Å². The molecule has 2 aromatic rings. The minimum Gasteiger partial charge on any atom is -0.460 e. The molecule has 1 saturated carbocycles. The van der Waals surface area contributed by atoms with Crippen LogP contribution in [0.25, 0.3) is 0 Å². The van der Waals surface area contributed by atoms with E-state index in [9.17, 15) is 13.2 Å². The first kappa shape index (κ1) is 22.0. The molecule has 1 aromatic heterocycles. The molecule has 0 atom stereocenters. The first-order valence-electron chi connectivity index (χ1n) is 9.71. The Bertz CT molecular complexity index is 967. The third-order valence-electron chi connectivity index (χ3n) is 4.83. The maximum absolute atomic E-state index is 12.7. The summed E-state index contributed by atoms with van der Waals surface area (Å²) in [6, 6.07) is 8.01. The van der Waals surface area contributed by atoms with Crippen LogP contribution in [-0.4, -0.2) is 43.7 Å². The fourth-order valence-corrected chi connectivity index (χ4v) is 4.67. The number of ether oxygens (including phenoxy) is 2. The van der Waals surface area contributed by atoms with Crippen molar-refractivity contribution in [3.63, 3.8) is 0 Å². The second-order valence-electron chi connectivity index (χ2n) is 7.29. The van der Waals surface area contributed by atoms with Crippen LogP contribution < -0.4 is 14.8 Å². The van der Waals surface area contributed by atoms with Crippen molar-refractivity contribution >= 4 is 21.8 Å². The number of anilines is 1. The van der Waals surface area contributed by atoms with Crippen molar-refractivity contribution in [1.82, 2.24) is 14.7 Å². The first-order valence-corrected chi connectivity index (χ1v) is 11.2. The van der Waals surface area contributed by atoms with E-state index in [1.165, 1.54) is 31.4 Å². The fourth-order valence-electron chi connectivity index (χ4n) is 3.37. The number of amides is 1. The van der Waals surface area contributed by atoms with Gasteiger partial charge in [-0.1, -0.05) is 0 Å². The molecule has 1 aliphatic carbocycles. The molecule has 1 aromatic carbocycles. The highest BCUT2D eigenvalue weighted by molar-refractivity contribution is 7.89. The largest absolute Gasteiger partial charge is 0.460 e. The zero-order valence-corrected chi connectivity index (χ0v) is 18.0. The maximum atomic E-state index is 12.7. The van der Waals surface area contributed by atoms with Gasteiger partial charge < -0.3 is 9.47 Å². The molecule has 1 heterocycles. The molecular weight excluding hydrogens is 408 g/mol. The molecule has 0 saturated heterocycles. The normalized spacial score (nSPS) is 19.2. The lowest BCUT2D eigenvalue weighted by atomic mass is 9.94. The number of nitrogens with zero attached hydrogens (tertiary/aromatic N) is 2. The standard InChI is InChI=1S/C20H26N4O5S/c1-13-12-14(2)22-19(21-13)29-17-8-4-16(5-9-17)24-30(26,27)18-10-6-15(7-11-18)23-20(25)28-3/h6-7,10-12,16-17,24H,4-5,8-9H2,1-3H3,(H,23,25). The number of sulfonamides is 1. The maximum Gasteiger partial charge on any atom is 0.411 e. The summed E-state index contributed by atoms with van der Waals surface area (Å²) in [5, 5.41) is 2.48. The van der Waals surface area contributed by atoms with Gasteiger partial charge in [0, 0.05) is 23.1 Å². The minimum atomic E-state index is -3.66. The van der Waals surface area contributed by atoms with E-state index < -0.39 is 16.1 Å². The van der Waals surface area contributed by atoms with Gasteiger partial charge in [-0.2, -0.15) is 0 Å². The van der Waals surface area contributed by atoms with E-state index in [-0.39, 0.29) is 17.0 Å². The smallest absolute Gasteiger partial charge is 0.411 e. The number of hydrogen-bond donors (Lipinski definition) is 2. The van der Waals surface area contributed by atoms with Crippen molar-refractivity contribution in [3.05, 3.63) is 41.7 Å². The van der Waals surface area contributed by atoms with Gasteiger partial charge in [-0.3, -0.25) is 5.32 Å². The molecule has 2 N–H and O–H groups in total. The Hall–Kier alpha value is -2.72. The molecule has 3 rings (SSSR count). The van der Waals surface area contributed by atoms with Gasteiger partial charge in [0.1, 0.15) is 6.10 Å². The highest BCUT2D eigenvalue weighted by Gasteiger charge is 2.27. The molecule has 0 radical (unpaired) electrons. The monoisotopic (exact) mass is 434 g/mol. The summed E-state index contributed by atoms with van der Waals surface area (Å²) in [4.78, 5) is 20.0. The Morgan fingerprint density at radius 2 is 1.63 bits per heavy atom. The van der Waals surface area contributed by atoms with Gasteiger partial charge in [0.25, 0.3) is 0 Å². The molecule has 162 valence electrons. The number of aromatic nitrogens is 2. The summed E-state index contributed by atoms with van der Waals surface area (Å²) in [6.07, 6.45) is 2.11. The first-order chi connectivity index (χ1) is 14.2. The molecule has 10 heteroatoms. The average molecular weight is 435 g/mol. The van der Waals surface area contributed by atoms with Crippen LogP contribution in [0.5, 0.6) is 6.01 Å². The van der Waals surface area contributed by atoms with Crippen molar-refractivity contribution in [2.45, 2.75) is 56.6 Å². The number of hydrogen-bond acceptors (Lipinski definition) is 7. The number of carbonyl (C=O) groups is 1. The van der Waals surface area contributed by atoms with Gasteiger partial charge in [0.05, 0.1) is 12.0 Å². The molecule has 0 bridgehead atoms. The Balaban J connectivity index is 1.54. The third kappa shape index (κ3) is 5.90. The summed E-state index contributed by atoms with van der Waals surface area (Å²) >= 11 is 0. The van der Waals surface area contributed by atoms with E-state index in [0.717, 1.165) is 11.4 Å². The Morgan fingerprint density at radius 3 is 2.20 bits per heavy atom. The number of carbonyl (C=O) groups excluding carboxylic acids is 1. The quantitative estimate of drug-likeness (QED) is 0.717. The van der Waals surface area contributed by atoms with Crippen molar-refractivity contribution in [2.24, 2.45) is 0 Å². The van der Waals surface area contributed by atoms with Crippen molar-refractivity contribution in [3.8, 4) is 6.01 Å². The van der Waals surface area contributed by atoms with Crippen LogP contribution in [0.15, 0.2) is 35.2 Å². The summed E-state index contributed by atoms with van der Waals surface area (Å²) in [7, 11) is -2.40. The molecule has 9 nitrogen and oxygen atoms in total. The molecular formula is C20H26N4O5S.